The molecule has 1 aromatic heterocycles. The minimum Gasteiger partial charge on any atom is -0.328 e. The summed E-state index contributed by atoms with van der Waals surface area (Å²) in [5, 5.41) is 15.6. The van der Waals surface area contributed by atoms with Gasteiger partial charge in [0.1, 0.15) is 17.5 Å². The zero-order valence-corrected chi connectivity index (χ0v) is 19.9. The minimum absolute atomic E-state index is 0.00971. The number of aromatic nitrogens is 2. The van der Waals surface area contributed by atoms with E-state index in [1.807, 2.05) is 59.7 Å². The van der Waals surface area contributed by atoms with Crippen molar-refractivity contribution in [2.24, 2.45) is 5.14 Å². The number of para-hydroxylation sites is 2. The number of carbonyl (C=O) groups is 1. The van der Waals surface area contributed by atoms with Crippen LogP contribution in [0.5, 0.6) is 0 Å². The van der Waals surface area contributed by atoms with E-state index in [1.165, 1.54) is 23.9 Å². The summed E-state index contributed by atoms with van der Waals surface area (Å²) in [5.41, 5.74) is 3.12. The van der Waals surface area contributed by atoms with E-state index in [1.54, 1.807) is 6.07 Å². The predicted octanol–water partition coefficient (Wildman–Crippen LogP) is 2.69. The normalized spacial score (nSPS) is 13.4. The van der Waals surface area contributed by atoms with Crippen LogP contribution in [-0.4, -0.2) is 43.6 Å². The molecule has 0 atom stereocenters. The molecule has 0 unspecified atom stereocenters. The van der Waals surface area contributed by atoms with Crippen molar-refractivity contribution in [3.8, 4) is 6.07 Å². The Bertz CT molecular complexity index is 1420. The molecule has 0 saturated heterocycles. The molecule has 2 heterocycles. The Balaban J connectivity index is 1.63. The van der Waals surface area contributed by atoms with Crippen LogP contribution in [0.2, 0.25) is 0 Å². The van der Waals surface area contributed by atoms with E-state index in [4.69, 9.17) is 5.14 Å². The van der Waals surface area contributed by atoms with Crippen LogP contribution in [0.25, 0.3) is 11.0 Å². The summed E-state index contributed by atoms with van der Waals surface area (Å²) in [7, 11) is -0.192. The van der Waals surface area contributed by atoms with Crippen molar-refractivity contribution in [1.29, 1.82) is 5.26 Å². The Morgan fingerprint density at radius 3 is 2.33 bits per heavy atom. The number of ketones is 1. The van der Waals surface area contributed by atoms with E-state index in [2.05, 4.69) is 11.1 Å². The van der Waals surface area contributed by atoms with Gasteiger partial charge in [-0.2, -0.15) is 5.26 Å². The second-order valence-corrected chi connectivity index (χ2v) is 9.97. The molecule has 2 aromatic carbocycles. The second-order valence-electron chi connectivity index (χ2n) is 7.46. The number of allylic oxidation sites excluding steroid dienone is 1. The molecule has 0 radical (unpaired) electrons. The Labute approximate surface area is 196 Å². The summed E-state index contributed by atoms with van der Waals surface area (Å²) < 4.78 is 25.2. The average molecular weight is 483 g/mol. The number of benzene rings is 2. The molecule has 33 heavy (non-hydrogen) atoms. The zero-order chi connectivity index (χ0) is 23.9. The van der Waals surface area contributed by atoms with Gasteiger partial charge in [0.05, 0.1) is 33.1 Å². The molecule has 0 saturated carbocycles. The summed E-state index contributed by atoms with van der Waals surface area (Å²) in [6.07, 6.45) is 0. The van der Waals surface area contributed by atoms with Gasteiger partial charge in [-0.25, -0.2) is 18.5 Å². The fourth-order valence-corrected chi connectivity index (χ4v) is 5.42. The maximum Gasteiger partial charge on any atom is 0.238 e. The first kappa shape index (κ1) is 22.8. The smallest absolute Gasteiger partial charge is 0.238 e. The first-order valence-electron chi connectivity index (χ1n) is 10.1. The lowest BCUT2D eigenvalue weighted by Gasteiger charge is -2.19. The standard InChI is InChI=1S/C22H22N6O3S2/c1-4-28-17-10-9-14(33(24,30)31)11-16(17)25-22(28)32-13-20(29)15(12-23)21-26(2)18-7-5-6-8-19(18)27(21)3/h5-11H,4,13H2,1-3H3,(H2,24,30,31). The number of hydrogen-bond acceptors (Lipinski definition) is 8. The number of rotatable bonds is 6. The van der Waals surface area contributed by atoms with Crippen molar-refractivity contribution in [3.63, 3.8) is 0 Å². The number of thioether (sulfide) groups is 1. The molecule has 2 N–H and O–H groups in total. The van der Waals surface area contributed by atoms with Gasteiger partial charge in [0.15, 0.2) is 10.9 Å². The van der Waals surface area contributed by atoms with Gasteiger partial charge in [-0.3, -0.25) is 4.79 Å². The molecule has 170 valence electrons. The maximum atomic E-state index is 13.1. The number of imidazole rings is 1. The third-order valence-corrected chi connectivity index (χ3v) is 7.40. The summed E-state index contributed by atoms with van der Waals surface area (Å²) >= 11 is 1.21. The van der Waals surface area contributed by atoms with E-state index < -0.39 is 10.0 Å². The number of carbonyl (C=O) groups excluding carboxylic acids is 1. The van der Waals surface area contributed by atoms with E-state index in [9.17, 15) is 18.5 Å². The molecular weight excluding hydrogens is 460 g/mol. The van der Waals surface area contributed by atoms with Crippen LogP contribution >= 0.6 is 11.8 Å². The molecule has 0 bridgehead atoms. The van der Waals surface area contributed by atoms with Crippen LogP contribution < -0.4 is 14.9 Å². The first-order valence-corrected chi connectivity index (χ1v) is 12.6. The van der Waals surface area contributed by atoms with Crippen LogP contribution in [0.15, 0.2) is 63.9 Å². The van der Waals surface area contributed by atoms with Gasteiger partial charge in [-0.05, 0) is 37.3 Å². The minimum atomic E-state index is -3.85. The highest BCUT2D eigenvalue weighted by atomic mass is 32.2. The van der Waals surface area contributed by atoms with Gasteiger partial charge in [0.25, 0.3) is 0 Å². The van der Waals surface area contributed by atoms with E-state index >= 15 is 0 Å². The van der Waals surface area contributed by atoms with E-state index in [-0.39, 0.29) is 22.0 Å². The van der Waals surface area contributed by atoms with Gasteiger partial charge in [0, 0.05) is 20.6 Å². The molecule has 0 spiro atoms. The van der Waals surface area contributed by atoms with Gasteiger partial charge in [-0.1, -0.05) is 23.9 Å². The molecule has 0 fully saturated rings. The van der Waals surface area contributed by atoms with E-state index in [0.29, 0.717) is 23.0 Å². The highest BCUT2D eigenvalue weighted by Gasteiger charge is 2.31. The van der Waals surface area contributed by atoms with Crippen molar-refractivity contribution in [2.45, 2.75) is 23.5 Å². The maximum absolute atomic E-state index is 13.1. The Morgan fingerprint density at radius 1 is 1.15 bits per heavy atom. The van der Waals surface area contributed by atoms with Crippen LogP contribution in [0, 0.1) is 11.3 Å². The largest absolute Gasteiger partial charge is 0.328 e. The van der Waals surface area contributed by atoms with Gasteiger partial charge in [0.2, 0.25) is 10.0 Å². The lowest BCUT2D eigenvalue weighted by molar-refractivity contribution is -0.112. The summed E-state index contributed by atoms with van der Waals surface area (Å²) in [5.74, 6) is 0.227. The van der Waals surface area contributed by atoms with Crippen molar-refractivity contribution in [1.82, 2.24) is 9.55 Å². The predicted molar refractivity (Wildman–Crippen MR) is 128 cm³/mol. The van der Waals surface area contributed by atoms with Gasteiger partial charge >= 0.3 is 0 Å². The molecule has 4 rings (SSSR count). The Hall–Kier alpha value is -3.33. The molecule has 0 amide bonds. The fourth-order valence-electron chi connectivity index (χ4n) is 3.94. The monoisotopic (exact) mass is 482 g/mol. The number of nitriles is 1. The molecular formula is C22H22N6O3S2. The number of Topliss-reactive ketones (excluding diaryl/α,β-unsaturated/α-hetero) is 1. The van der Waals surface area contributed by atoms with Gasteiger partial charge in [-0.15, -0.1) is 0 Å². The average Bonchev–Trinajstić information content (AvgIpc) is 3.27. The number of fused-ring (bicyclic) bond motifs is 2. The fraction of sp³-hybridized carbons (Fsp3) is 0.227. The van der Waals surface area contributed by atoms with Crippen molar-refractivity contribution >= 4 is 50.0 Å². The first-order chi connectivity index (χ1) is 15.7. The molecule has 11 heteroatoms. The van der Waals surface area contributed by atoms with Crippen LogP contribution in [0.4, 0.5) is 11.4 Å². The summed E-state index contributed by atoms with van der Waals surface area (Å²) in [6, 6.07) is 14.3. The van der Waals surface area contributed by atoms with Crippen LogP contribution in [0.1, 0.15) is 6.92 Å². The molecule has 1 aliphatic rings. The van der Waals surface area contributed by atoms with Crippen molar-refractivity contribution in [2.75, 3.05) is 29.6 Å². The zero-order valence-electron chi connectivity index (χ0n) is 18.3. The Morgan fingerprint density at radius 2 is 1.79 bits per heavy atom. The number of hydrogen-bond donors (Lipinski definition) is 1. The summed E-state index contributed by atoms with van der Waals surface area (Å²) in [4.78, 5) is 21.3. The highest BCUT2D eigenvalue weighted by molar-refractivity contribution is 7.99. The summed E-state index contributed by atoms with van der Waals surface area (Å²) in [6.45, 7) is 2.51. The van der Waals surface area contributed by atoms with E-state index in [0.717, 1.165) is 16.9 Å². The lowest BCUT2D eigenvalue weighted by atomic mass is 10.2. The third kappa shape index (κ3) is 3.97. The molecule has 0 aliphatic carbocycles. The molecule has 9 nitrogen and oxygen atoms in total. The number of anilines is 2. The number of nitrogens with two attached hydrogens (primary N) is 1. The number of aryl methyl sites for hydroxylation is 1. The van der Waals surface area contributed by atoms with Gasteiger partial charge < -0.3 is 14.4 Å². The number of sulfonamides is 1. The number of nitrogens with zero attached hydrogens (tertiary/aromatic N) is 5. The van der Waals surface area contributed by atoms with Crippen LogP contribution in [0.3, 0.4) is 0 Å². The quantitative estimate of drug-likeness (QED) is 0.323. The second kappa shape index (κ2) is 8.55. The van der Waals surface area contributed by atoms with Crippen molar-refractivity contribution < 1.29 is 13.2 Å². The SMILES string of the molecule is CCn1c(SCC(=O)C(C#N)=C2N(C)c3ccccc3N2C)nc2cc(S(N)(=O)=O)ccc21. The van der Waals surface area contributed by atoms with Crippen molar-refractivity contribution in [3.05, 3.63) is 53.9 Å². The molecule has 3 aromatic rings. The third-order valence-electron chi connectivity index (χ3n) is 5.52. The Kier molecular flexibility index (Phi) is 5.92. The topological polar surface area (TPSA) is 125 Å². The lowest BCUT2D eigenvalue weighted by Crippen LogP contribution is -2.26. The number of primary sulfonamides is 1. The van der Waals surface area contributed by atoms with Crippen LogP contribution in [-0.2, 0) is 21.4 Å². The highest BCUT2D eigenvalue weighted by Crippen LogP contribution is 2.40. The molecule has 1 aliphatic heterocycles.